The molecule has 0 fully saturated rings. The number of amides is 2. The highest BCUT2D eigenvalue weighted by Crippen LogP contribution is 2.17. The lowest BCUT2D eigenvalue weighted by Crippen LogP contribution is -2.41. The van der Waals surface area contributed by atoms with Crippen LogP contribution in [0.25, 0.3) is 0 Å². The summed E-state index contributed by atoms with van der Waals surface area (Å²) in [5, 5.41) is 14.5. The number of carbonyl (C=O) groups is 1. The van der Waals surface area contributed by atoms with Gasteiger partial charge in [0.1, 0.15) is 18.2 Å². The minimum absolute atomic E-state index is 0.0696. The summed E-state index contributed by atoms with van der Waals surface area (Å²) in [6.07, 6.45) is 0.543. The molecular weight excluding hydrogens is 323 g/mol. The molecule has 1 atom stereocenters. The summed E-state index contributed by atoms with van der Waals surface area (Å²) in [6, 6.07) is 13.2. The number of nitrogens with one attached hydrogen (secondary N) is 2. The first kappa shape index (κ1) is 18.7. The van der Waals surface area contributed by atoms with Gasteiger partial charge in [0.2, 0.25) is 0 Å². The van der Waals surface area contributed by atoms with Gasteiger partial charge in [0, 0.05) is 18.2 Å². The third-order valence-electron chi connectivity index (χ3n) is 3.57. The van der Waals surface area contributed by atoms with E-state index in [1.165, 1.54) is 12.1 Å². The predicted octanol–water partition coefficient (Wildman–Crippen LogP) is 2.63. The molecule has 1 unspecified atom stereocenters. The van der Waals surface area contributed by atoms with Crippen LogP contribution in [-0.2, 0) is 13.0 Å². The minimum atomic E-state index is -0.305. The SMILES string of the molecule is CC(Cc1cccc(F)c1)NC(=O)NCc1ccccc1OCCO. The molecule has 0 bridgehead atoms. The van der Waals surface area contributed by atoms with E-state index in [9.17, 15) is 9.18 Å². The second-order valence-corrected chi connectivity index (χ2v) is 5.74. The van der Waals surface area contributed by atoms with Gasteiger partial charge in [0.25, 0.3) is 0 Å². The number of hydrogen-bond donors (Lipinski definition) is 3. The maximum atomic E-state index is 13.2. The van der Waals surface area contributed by atoms with Crippen LogP contribution in [0.1, 0.15) is 18.1 Å². The zero-order valence-electron chi connectivity index (χ0n) is 14.2. The van der Waals surface area contributed by atoms with Crippen molar-refractivity contribution in [3.8, 4) is 5.75 Å². The fraction of sp³-hybridized carbons (Fsp3) is 0.316. The molecule has 0 heterocycles. The molecule has 2 aromatic carbocycles. The van der Waals surface area contributed by atoms with Crippen molar-refractivity contribution in [3.05, 3.63) is 65.5 Å². The Bertz CT molecular complexity index is 694. The van der Waals surface area contributed by atoms with Crippen molar-refractivity contribution in [2.24, 2.45) is 0 Å². The van der Waals surface area contributed by atoms with E-state index in [0.717, 1.165) is 11.1 Å². The third-order valence-corrected chi connectivity index (χ3v) is 3.57. The quantitative estimate of drug-likeness (QED) is 0.688. The maximum absolute atomic E-state index is 13.2. The summed E-state index contributed by atoms with van der Waals surface area (Å²) in [5.41, 5.74) is 1.65. The first-order chi connectivity index (χ1) is 12.1. The molecule has 2 amide bonds. The summed E-state index contributed by atoms with van der Waals surface area (Å²) >= 11 is 0. The number of urea groups is 1. The Balaban J connectivity index is 1.82. The van der Waals surface area contributed by atoms with E-state index in [-0.39, 0.29) is 31.1 Å². The molecule has 2 aromatic rings. The van der Waals surface area contributed by atoms with Crippen LogP contribution < -0.4 is 15.4 Å². The minimum Gasteiger partial charge on any atom is -0.491 e. The van der Waals surface area contributed by atoms with Gasteiger partial charge in [-0.15, -0.1) is 0 Å². The van der Waals surface area contributed by atoms with E-state index in [4.69, 9.17) is 9.84 Å². The van der Waals surface area contributed by atoms with Crippen LogP contribution in [0, 0.1) is 5.82 Å². The Labute approximate surface area is 146 Å². The van der Waals surface area contributed by atoms with E-state index in [1.54, 1.807) is 12.1 Å². The molecule has 0 aliphatic carbocycles. The Kier molecular flexibility index (Phi) is 7.22. The predicted molar refractivity (Wildman–Crippen MR) is 94.0 cm³/mol. The summed E-state index contributed by atoms with van der Waals surface area (Å²) in [5.74, 6) is 0.346. The van der Waals surface area contributed by atoms with Gasteiger partial charge in [-0.3, -0.25) is 0 Å². The van der Waals surface area contributed by atoms with Crippen molar-refractivity contribution in [1.82, 2.24) is 10.6 Å². The average molecular weight is 346 g/mol. The van der Waals surface area contributed by atoms with Gasteiger partial charge in [0.15, 0.2) is 0 Å². The van der Waals surface area contributed by atoms with E-state index in [0.29, 0.717) is 18.7 Å². The van der Waals surface area contributed by atoms with Gasteiger partial charge in [-0.2, -0.15) is 0 Å². The van der Waals surface area contributed by atoms with Crippen molar-refractivity contribution in [1.29, 1.82) is 0 Å². The van der Waals surface area contributed by atoms with E-state index in [1.807, 2.05) is 31.2 Å². The molecule has 134 valence electrons. The van der Waals surface area contributed by atoms with E-state index in [2.05, 4.69) is 10.6 Å². The Morgan fingerprint density at radius 3 is 2.80 bits per heavy atom. The Morgan fingerprint density at radius 1 is 1.24 bits per heavy atom. The number of para-hydroxylation sites is 1. The van der Waals surface area contributed by atoms with Gasteiger partial charge in [-0.25, -0.2) is 9.18 Å². The first-order valence-corrected chi connectivity index (χ1v) is 8.19. The van der Waals surface area contributed by atoms with Crippen molar-refractivity contribution in [3.63, 3.8) is 0 Å². The highest BCUT2D eigenvalue weighted by atomic mass is 19.1. The second kappa shape index (κ2) is 9.64. The summed E-state index contributed by atoms with van der Waals surface area (Å²) < 4.78 is 18.6. The number of aliphatic hydroxyl groups is 1. The number of aliphatic hydroxyl groups excluding tert-OH is 1. The van der Waals surface area contributed by atoms with Crippen molar-refractivity contribution in [2.45, 2.75) is 25.9 Å². The van der Waals surface area contributed by atoms with Crippen LogP contribution in [-0.4, -0.2) is 30.4 Å². The number of hydrogen-bond acceptors (Lipinski definition) is 3. The zero-order valence-corrected chi connectivity index (χ0v) is 14.2. The summed E-state index contributed by atoms with van der Waals surface area (Å²) in [6.45, 7) is 2.30. The van der Waals surface area contributed by atoms with Crippen LogP contribution in [0.2, 0.25) is 0 Å². The molecule has 0 radical (unpaired) electrons. The van der Waals surface area contributed by atoms with Crippen LogP contribution in [0.5, 0.6) is 5.75 Å². The van der Waals surface area contributed by atoms with Crippen molar-refractivity contribution >= 4 is 6.03 Å². The molecule has 0 aliphatic rings. The molecular formula is C19H23FN2O3. The number of halogens is 1. The van der Waals surface area contributed by atoms with Gasteiger partial charge >= 0.3 is 6.03 Å². The van der Waals surface area contributed by atoms with Crippen molar-refractivity contribution in [2.75, 3.05) is 13.2 Å². The molecule has 0 aromatic heterocycles. The highest BCUT2D eigenvalue weighted by molar-refractivity contribution is 5.74. The van der Waals surface area contributed by atoms with Crippen LogP contribution in [0.15, 0.2) is 48.5 Å². The lowest BCUT2D eigenvalue weighted by Gasteiger charge is -2.16. The fourth-order valence-electron chi connectivity index (χ4n) is 2.47. The van der Waals surface area contributed by atoms with Gasteiger partial charge in [-0.1, -0.05) is 30.3 Å². The zero-order chi connectivity index (χ0) is 18.1. The van der Waals surface area contributed by atoms with Crippen LogP contribution >= 0.6 is 0 Å². The van der Waals surface area contributed by atoms with Gasteiger partial charge < -0.3 is 20.5 Å². The first-order valence-electron chi connectivity index (χ1n) is 8.19. The average Bonchev–Trinajstić information content (AvgIpc) is 2.58. The lowest BCUT2D eigenvalue weighted by molar-refractivity contribution is 0.200. The third kappa shape index (κ3) is 6.43. The van der Waals surface area contributed by atoms with E-state index < -0.39 is 0 Å². The normalized spacial score (nSPS) is 11.6. The molecule has 0 spiro atoms. The largest absolute Gasteiger partial charge is 0.491 e. The second-order valence-electron chi connectivity index (χ2n) is 5.74. The smallest absolute Gasteiger partial charge is 0.315 e. The summed E-state index contributed by atoms with van der Waals surface area (Å²) in [7, 11) is 0. The molecule has 5 nitrogen and oxygen atoms in total. The van der Waals surface area contributed by atoms with Crippen molar-refractivity contribution < 1.29 is 19.0 Å². The molecule has 2 rings (SSSR count). The monoisotopic (exact) mass is 346 g/mol. The maximum Gasteiger partial charge on any atom is 0.315 e. The topological polar surface area (TPSA) is 70.6 Å². The molecule has 0 saturated carbocycles. The molecule has 0 aliphatic heterocycles. The molecule has 0 saturated heterocycles. The number of rotatable bonds is 8. The summed E-state index contributed by atoms with van der Waals surface area (Å²) in [4.78, 5) is 12.0. The fourth-order valence-corrected chi connectivity index (χ4v) is 2.47. The highest BCUT2D eigenvalue weighted by Gasteiger charge is 2.10. The lowest BCUT2D eigenvalue weighted by atomic mass is 10.1. The van der Waals surface area contributed by atoms with E-state index >= 15 is 0 Å². The number of ether oxygens (including phenoxy) is 1. The molecule has 25 heavy (non-hydrogen) atoms. The van der Waals surface area contributed by atoms with Gasteiger partial charge in [0.05, 0.1) is 6.61 Å². The number of benzene rings is 2. The molecule has 6 heteroatoms. The number of carbonyl (C=O) groups excluding carboxylic acids is 1. The Morgan fingerprint density at radius 2 is 2.04 bits per heavy atom. The Hall–Kier alpha value is -2.60. The standard InChI is InChI=1S/C19H23FN2O3/c1-14(11-15-5-4-7-17(20)12-15)22-19(24)21-13-16-6-2-3-8-18(16)25-10-9-23/h2-8,12,14,23H,9-11,13H2,1H3,(H2,21,22,24). The van der Waals surface area contributed by atoms with Crippen LogP contribution in [0.3, 0.4) is 0 Å². The van der Waals surface area contributed by atoms with Crippen LogP contribution in [0.4, 0.5) is 9.18 Å². The van der Waals surface area contributed by atoms with Gasteiger partial charge in [-0.05, 0) is 37.1 Å². The molecule has 3 N–H and O–H groups in total.